The highest BCUT2D eigenvalue weighted by Crippen LogP contribution is 2.01. The Morgan fingerprint density at radius 1 is 1.50 bits per heavy atom. The van der Waals surface area contributed by atoms with Gasteiger partial charge in [0.2, 0.25) is 0 Å². The van der Waals surface area contributed by atoms with Crippen molar-refractivity contribution in [3.63, 3.8) is 0 Å². The van der Waals surface area contributed by atoms with E-state index in [1.165, 1.54) is 25.1 Å². The summed E-state index contributed by atoms with van der Waals surface area (Å²) in [7, 11) is 0. The number of aromatic nitrogens is 1. The molecule has 0 aliphatic heterocycles. The molecule has 0 radical (unpaired) electrons. The average molecular weight is 137 g/mol. The van der Waals surface area contributed by atoms with E-state index in [9.17, 15) is 0 Å². The third-order valence-electron chi connectivity index (χ3n) is 1.81. The first kappa shape index (κ1) is 7.39. The van der Waals surface area contributed by atoms with Gasteiger partial charge in [0.05, 0.1) is 0 Å². The van der Waals surface area contributed by atoms with E-state index in [1.807, 2.05) is 0 Å². The van der Waals surface area contributed by atoms with Gasteiger partial charge in [0.1, 0.15) is 0 Å². The summed E-state index contributed by atoms with van der Waals surface area (Å²) in [6.45, 7) is 5.55. The molecule has 0 aliphatic rings. The van der Waals surface area contributed by atoms with Crippen molar-refractivity contribution < 1.29 is 0 Å². The zero-order valence-electron chi connectivity index (χ0n) is 6.80. The first-order valence-electron chi connectivity index (χ1n) is 3.96. The van der Waals surface area contributed by atoms with Crippen LogP contribution in [0.5, 0.6) is 0 Å². The monoisotopic (exact) mass is 137 g/mol. The fourth-order valence-electron chi connectivity index (χ4n) is 1.08. The Hall–Kier alpha value is -0.720. The Kier molecular flexibility index (Phi) is 2.55. The molecule has 0 fully saturated rings. The van der Waals surface area contributed by atoms with E-state index in [2.05, 4.69) is 36.7 Å². The van der Waals surface area contributed by atoms with Crippen molar-refractivity contribution in [1.29, 1.82) is 0 Å². The second-order valence-corrected chi connectivity index (χ2v) is 2.70. The summed E-state index contributed by atoms with van der Waals surface area (Å²) in [5, 5.41) is 0. The number of rotatable bonds is 3. The quantitative estimate of drug-likeness (QED) is 0.603. The summed E-state index contributed by atoms with van der Waals surface area (Å²) < 4.78 is 2.30. The topological polar surface area (TPSA) is 4.93 Å². The molecule has 56 valence electrons. The van der Waals surface area contributed by atoms with E-state index in [4.69, 9.17) is 0 Å². The zero-order valence-corrected chi connectivity index (χ0v) is 6.80. The SMILES string of the molecule is CCCCn1cccc1C. The van der Waals surface area contributed by atoms with Crippen molar-refractivity contribution >= 4 is 0 Å². The second-order valence-electron chi connectivity index (χ2n) is 2.70. The van der Waals surface area contributed by atoms with Gasteiger partial charge in [-0.15, -0.1) is 0 Å². The van der Waals surface area contributed by atoms with Crippen LogP contribution in [0, 0.1) is 6.92 Å². The van der Waals surface area contributed by atoms with Crippen molar-refractivity contribution in [2.45, 2.75) is 33.2 Å². The molecule has 0 saturated heterocycles. The lowest BCUT2D eigenvalue weighted by Gasteiger charge is -2.02. The van der Waals surface area contributed by atoms with Gasteiger partial charge in [-0.05, 0) is 25.5 Å². The second kappa shape index (κ2) is 3.45. The van der Waals surface area contributed by atoms with E-state index >= 15 is 0 Å². The van der Waals surface area contributed by atoms with Gasteiger partial charge in [-0.1, -0.05) is 13.3 Å². The van der Waals surface area contributed by atoms with Crippen LogP contribution in [-0.4, -0.2) is 4.57 Å². The predicted octanol–water partition coefficient (Wildman–Crippen LogP) is 2.60. The predicted molar refractivity (Wildman–Crippen MR) is 44.1 cm³/mol. The maximum atomic E-state index is 2.30. The Balaban J connectivity index is 2.49. The molecule has 1 heteroatoms. The van der Waals surface area contributed by atoms with Crippen LogP contribution < -0.4 is 0 Å². The van der Waals surface area contributed by atoms with Crippen LogP contribution in [0.3, 0.4) is 0 Å². The molecule has 1 heterocycles. The third kappa shape index (κ3) is 1.63. The normalized spacial score (nSPS) is 10.2. The highest BCUT2D eigenvalue weighted by Gasteiger charge is 1.91. The molecule has 0 atom stereocenters. The van der Waals surface area contributed by atoms with Crippen molar-refractivity contribution in [3.05, 3.63) is 24.0 Å². The number of aryl methyl sites for hydroxylation is 2. The standard InChI is InChI=1S/C9H15N/c1-3-4-7-10-8-5-6-9(10)2/h5-6,8H,3-4,7H2,1-2H3. The number of hydrogen-bond donors (Lipinski definition) is 0. The van der Waals surface area contributed by atoms with E-state index < -0.39 is 0 Å². The molecule has 0 saturated carbocycles. The van der Waals surface area contributed by atoms with Gasteiger partial charge in [0.25, 0.3) is 0 Å². The lowest BCUT2D eigenvalue weighted by molar-refractivity contribution is 0.622. The third-order valence-corrected chi connectivity index (χ3v) is 1.81. The maximum absolute atomic E-state index is 2.30. The van der Waals surface area contributed by atoms with E-state index in [1.54, 1.807) is 0 Å². The summed E-state index contributed by atoms with van der Waals surface area (Å²) in [6, 6.07) is 4.25. The van der Waals surface area contributed by atoms with Gasteiger partial charge in [0.15, 0.2) is 0 Å². The molecule has 1 rings (SSSR count). The molecule has 1 aromatic rings. The molecule has 1 nitrogen and oxygen atoms in total. The molecular weight excluding hydrogens is 122 g/mol. The molecule has 0 spiro atoms. The highest BCUT2D eigenvalue weighted by atomic mass is 14.9. The Morgan fingerprint density at radius 2 is 2.30 bits per heavy atom. The first-order chi connectivity index (χ1) is 4.84. The fourth-order valence-corrected chi connectivity index (χ4v) is 1.08. The van der Waals surface area contributed by atoms with E-state index in [0.717, 1.165) is 0 Å². The summed E-state index contributed by atoms with van der Waals surface area (Å²) in [6.07, 6.45) is 4.71. The van der Waals surface area contributed by atoms with Gasteiger partial charge >= 0.3 is 0 Å². The average Bonchev–Trinajstić information content (AvgIpc) is 2.31. The molecule has 1 aromatic heterocycles. The number of nitrogens with zero attached hydrogens (tertiary/aromatic N) is 1. The minimum Gasteiger partial charge on any atom is -0.352 e. The van der Waals surface area contributed by atoms with Crippen LogP contribution in [0.25, 0.3) is 0 Å². The Morgan fingerprint density at radius 3 is 2.80 bits per heavy atom. The van der Waals surface area contributed by atoms with Crippen LogP contribution in [0.15, 0.2) is 18.3 Å². The van der Waals surface area contributed by atoms with Crippen LogP contribution in [0.1, 0.15) is 25.5 Å². The largest absolute Gasteiger partial charge is 0.352 e. The van der Waals surface area contributed by atoms with E-state index in [0.29, 0.717) is 0 Å². The Bertz CT molecular complexity index is 188. The minimum atomic E-state index is 1.18. The van der Waals surface area contributed by atoms with E-state index in [-0.39, 0.29) is 0 Å². The molecule has 0 aliphatic carbocycles. The van der Waals surface area contributed by atoms with Crippen molar-refractivity contribution in [2.75, 3.05) is 0 Å². The summed E-state index contributed by atoms with van der Waals surface area (Å²) in [5.41, 5.74) is 1.37. The van der Waals surface area contributed by atoms with Crippen LogP contribution in [0.4, 0.5) is 0 Å². The van der Waals surface area contributed by atoms with Crippen molar-refractivity contribution in [3.8, 4) is 0 Å². The lowest BCUT2D eigenvalue weighted by atomic mass is 10.3. The first-order valence-corrected chi connectivity index (χ1v) is 3.96. The van der Waals surface area contributed by atoms with Crippen LogP contribution in [-0.2, 0) is 6.54 Å². The lowest BCUT2D eigenvalue weighted by Crippen LogP contribution is -1.96. The molecule has 10 heavy (non-hydrogen) atoms. The van der Waals surface area contributed by atoms with Gasteiger partial charge in [-0.25, -0.2) is 0 Å². The van der Waals surface area contributed by atoms with Gasteiger partial charge in [0, 0.05) is 18.4 Å². The molecule has 0 N–H and O–H groups in total. The Labute approximate surface area is 62.7 Å². The molecule has 0 bridgehead atoms. The van der Waals surface area contributed by atoms with Crippen LogP contribution in [0.2, 0.25) is 0 Å². The fraction of sp³-hybridized carbons (Fsp3) is 0.556. The maximum Gasteiger partial charge on any atom is 0.0222 e. The van der Waals surface area contributed by atoms with Gasteiger partial charge < -0.3 is 4.57 Å². The number of unbranched alkanes of at least 4 members (excludes halogenated alkanes) is 1. The van der Waals surface area contributed by atoms with Gasteiger partial charge in [-0.3, -0.25) is 0 Å². The molecule has 0 unspecified atom stereocenters. The molecular formula is C9H15N. The van der Waals surface area contributed by atoms with Gasteiger partial charge in [-0.2, -0.15) is 0 Å². The summed E-state index contributed by atoms with van der Waals surface area (Å²) in [4.78, 5) is 0. The van der Waals surface area contributed by atoms with Crippen molar-refractivity contribution in [1.82, 2.24) is 4.57 Å². The summed E-state index contributed by atoms with van der Waals surface area (Å²) in [5.74, 6) is 0. The number of hydrogen-bond acceptors (Lipinski definition) is 0. The zero-order chi connectivity index (χ0) is 7.40. The molecule has 0 aromatic carbocycles. The smallest absolute Gasteiger partial charge is 0.0222 e. The summed E-state index contributed by atoms with van der Waals surface area (Å²) >= 11 is 0. The highest BCUT2D eigenvalue weighted by molar-refractivity contribution is 5.03. The van der Waals surface area contributed by atoms with Crippen molar-refractivity contribution in [2.24, 2.45) is 0 Å². The molecule has 0 amide bonds. The minimum absolute atomic E-state index is 1.18. The van der Waals surface area contributed by atoms with Crippen LogP contribution >= 0.6 is 0 Å².